The van der Waals surface area contributed by atoms with Crippen LogP contribution in [0.25, 0.3) is 0 Å². The predicted octanol–water partition coefficient (Wildman–Crippen LogP) is 4.16. The first-order valence-electron chi connectivity index (χ1n) is 7.57. The quantitative estimate of drug-likeness (QED) is 0.765. The van der Waals surface area contributed by atoms with E-state index in [2.05, 4.69) is 71.2 Å². The van der Waals surface area contributed by atoms with E-state index in [0.29, 0.717) is 0 Å². The molecule has 3 heteroatoms. The van der Waals surface area contributed by atoms with E-state index in [1.54, 1.807) is 0 Å². The van der Waals surface area contributed by atoms with Gasteiger partial charge in [-0.15, -0.1) is 0 Å². The van der Waals surface area contributed by atoms with Crippen LogP contribution in [0.5, 0.6) is 0 Å². The van der Waals surface area contributed by atoms with E-state index < -0.39 is 0 Å². The van der Waals surface area contributed by atoms with Crippen LogP contribution >= 0.6 is 0 Å². The molecule has 0 aliphatic rings. The van der Waals surface area contributed by atoms with Gasteiger partial charge in [-0.3, -0.25) is 0 Å². The lowest BCUT2D eigenvalue weighted by Crippen LogP contribution is -2.10. The van der Waals surface area contributed by atoms with Crippen LogP contribution in [0.2, 0.25) is 0 Å². The third-order valence-corrected chi connectivity index (χ3v) is 3.83. The van der Waals surface area contributed by atoms with Crippen molar-refractivity contribution in [1.82, 2.24) is 9.55 Å². The van der Waals surface area contributed by atoms with E-state index in [0.717, 1.165) is 18.9 Å². The number of aromatic nitrogens is 2. The highest BCUT2D eigenvalue weighted by molar-refractivity contribution is 5.52. The second-order valence-corrected chi connectivity index (χ2v) is 5.63. The van der Waals surface area contributed by atoms with Crippen molar-refractivity contribution in [3.8, 4) is 0 Å². The van der Waals surface area contributed by atoms with Gasteiger partial charge in [0, 0.05) is 24.6 Å². The minimum Gasteiger partial charge on any atom is -0.378 e. The third-order valence-electron chi connectivity index (χ3n) is 3.83. The number of nitrogens with one attached hydrogen (secondary N) is 1. The minimum absolute atomic E-state index is 0.726. The molecule has 3 nitrogen and oxygen atoms in total. The van der Waals surface area contributed by atoms with E-state index in [4.69, 9.17) is 0 Å². The molecule has 0 bridgehead atoms. The molecule has 0 fully saturated rings. The van der Waals surface area contributed by atoms with Crippen molar-refractivity contribution in [2.45, 2.75) is 26.9 Å². The standard InChI is InChI=1S/C19H21N3/c1-15-8-9-16(2)18(12-15)21-13-19-20-10-11-22(19)14-17-6-4-3-5-7-17/h3-12,21H,13-14H2,1-2H3. The molecule has 0 radical (unpaired) electrons. The van der Waals surface area contributed by atoms with Crippen molar-refractivity contribution < 1.29 is 0 Å². The molecule has 0 aliphatic carbocycles. The Balaban J connectivity index is 1.71. The molecule has 0 unspecified atom stereocenters. The van der Waals surface area contributed by atoms with Gasteiger partial charge in [0.15, 0.2) is 0 Å². The summed E-state index contributed by atoms with van der Waals surface area (Å²) < 4.78 is 2.19. The van der Waals surface area contributed by atoms with Gasteiger partial charge in [0.1, 0.15) is 5.82 Å². The van der Waals surface area contributed by atoms with E-state index in [1.807, 2.05) is 18.5 Å². The molecule has 3 aromatic rings. The Morgan fingerprint density at radius 2 is 1.86 bits per heavy atom. The fourth-order valence-electron chi connectivity index (χ4n) is 2.53. The van der Waals surface area contributed by atoms with Crippen molar-refractivity contribution >= 4 is 5.69 Å². The maximum Gasteiger partial charge on any atom is 0.128 e. The summed E-state index contributed by atoms with van der Waals surface area (Å²) in [6, 6.07) is 16.9. The van der Waals surface area contributed by atoms with E-state index in [-0.39, 0.29) is 0 Å². The largest absolute Gasteiger partial charge is 0.378 e. The molecule has 1 heterocycles. The fourth-order valence-corrected chi connectivity index (χ4v) is 2.53. The van der Waals surface area contributed by atoms with Gasteiger partial charge in [-0.1, -0.05) is 42.5 Å². The normalized spacial score (nSPS) is 10.6. The molecular formula is C19H21N3. The Morgan fingerprint density at radius 3 is 2.68 bits per heavy atom. The summed E-state index contributed by atoms with van der Waals surface area (Å²) in [6.07, 6.45) is 3.90. The lowest BCUT2D eigenvalue weighted by molar-refractivity contribution is 0.735. The van der Waals surface area contributed by atoms with Crippen LogP contribution in [0.4, 0.5) is 5.69 Å². The molecule has 1 N–H and O–H groups in total. The second kappa shape index (κ2) is 6.48. The van der Waals surface area contributed by atoms with Crippen LogP contribution in [0.15, 0.2) is 60.9 Å². The zero-order valence-corrected chi connectivity index (χ0v) is 13.1. The van der Waals surface area contributed by atoms with Crippen LogP contribution < -0.4 is 5.32 Å². The van der Waals surface area contributed by atoms with Gasteiger partial charge in [-0.05, 0) is 36.6 Å². The van der Waals surface area contributed by atoms with Gasteiger partial charge >= 0.3 is 0 Å². The Bertz CT molecular complexity index is 744. The first kappa shape index (κ1) is 14.4. The summed E-state index contributed by atoms with van der Waals surface area (Å²) in [4.78, 5) is 4.48. The van der Waals surface area contributed by atoms with Crippen molar-refractivity contribution in [1.29, 1.82) is 0 Å². The molecular weight excluding hydrogens is 270 g/mol. The van der Waals surface area contributed by atoms with Gasteiger partial charge in [0.25, 0.3) is 0 Å². The summed E-state index contributed by atoms with van der Waals surface area (Å²) in [5.41, 5.74) is 4.98. The first-order chi connectivity index (χ1) is 10.7. The van der Waals surface area contributed by atoms with Gasteiger partial charge < -0.3 is 9.88 Å². The summed E-state index contributed by atoms with van der Waals surface area (Å²) in [6.45, 7) is 5.81. The van der Waals surface area contributed by atoms with E-state index in [1.165, 1.54) is 22.4 Å². The molecule has 22 heavy (non-hydrogen) atoms. The molecule has 3 rings (SSSR count). The van der Waals surface area contributed by atoms with Gasteiger partial charge in [-0.25, -0.2) is 4.98 Å². The Morgan fingerprint density at radius 1 is 1.05 bits per heavy atom. The molecule has 0 saturated heterocycles. The number of anilines is 1. The average Bonchev–Trinajstić information content (AvgIpc) is 2.96. The Labute approximate surface area is 131 Å². The first-order valence-corrected chi connectivity index (χ1v) is 7.57. The molecule has 0 spiro atoms. The van der Waals surface area contributed by atoms with Crippen LogP contribution in [-0.2, 0) is 13.1 Å². The number of benzene rings is 2. The summed E-state index contributed by atoms with van der Waals surface area (Å²) in [7, 11) is 0. The van der Waals surface area contributed by atoms with Crippen molar-refractivity contribution in [2.24, 2.45) is 0 Å². The van der Waals surface area contributed by atoms with Crippen LogP contribution in [0.1, 0.15) is 22.5 Å². The minimum atomic E-state index is 0.726. The van der Waals surface area contributed by atoms with Crippen molar-refractivity contribution in [2.75, 3.05) is 5.32 Å². The molecule has 1 aromatic heterocycles. The smallest absolute Gasteiger partial charge is 0.128 e. The number of hydrogen-bond donors (Lipinski definition) is 1. The Hall–Kier alpha value is -2.55. The van der Waals surface area contributed by atoms with E-state index in [9.17, 15) is 0 Å². The van der Waals surface area contributed by atoms with Gasteiger partial charge in [0.2, 0.25) is 0 Å². The maximum absolute atomic E-state index is 4.48. The number of aryl methyl sites for hydroxylation is 2. The highest BCUT2D eigenvalue weighted by Crippen LogP contribution is 2.17. The number of rotatable bonds is 5. The number of hydrogen-bond acceptors (Lipinski definition) is 2. The van der Waals surface area contributed by atoms with Crippen molar-refractivity contribution in [3.63, 3.8) is 0 Å². The summed E-state index contributed by atoms with van der Waals surface area (Å²) >= 11 is 0. The maximum atomic E-state index is 4.48. The van der Waals surface area contributed by atoms with Crippen molar-refractivity contribution in [3.05, 3.63) is 83.4 Å². The highest BCUT2D eigenvalue weighted by Gasteiger charge is 2.05. The van der Waals surface area contributed by atoms with Crippen LogP contribution in [0.3, 0.4) is 0 Å². The molecule has 0 amide bonds. The zero-order chi connectivity index (χ0) is 15.4. The molecule has 0 saturated carbocycles. The SMILES string of the molecule is Cc1ccc(C)c(NCc2nccn2Cc2ccccc2)c1. The van der Waals surface area contributed by atoms with Gasteiger partial charge in [0.05, 0.1) is 6.54 Å². The zero-order valence-electron chi connectivity index (χ0n) is 13.1. The average molecular weight is 291 g/mol. The van der Waals surface area contributed by atoms with Crippen LogP contribution in [-0.4, -0.2) is 9.55 Å². The monoisotopic (exact) mass is 291 g/mol. The summed E-state index contributed by atoms with van der Waals surface area (Å²) in [5, 5.41) is 3.50. The summed E-state index contributed by atoms with van der Waals surface area (Å²) in [5.74, 6) is 1.05. The topological polar surface area (TPSA) is 29.9 Å². The highest BCUT2D eigenvalue weighted by atomic mass is 15.1. The molecule has 112 valence electrons. The third kappa shape index (κ3) is 3.37. The molecule has 0 atom stereocenters. The Kier molecular flexibility index (Phi) is 4.24. The second-order valence-electron chi connectivity index (χ2n) is 5.63. The van der Waals surface area contributed by atoms with E-state index >= 15 is 0 Å². The van der Waals surface area contributed by atoms with Gasteiger partial charge in [-0.2, -0.15) is 0 Å². The van der Waals surface area contributed by atoms with Crippen LogP contribution in [0, 0.1) is 13.8 Å². The molecule has 2 aromatic carbocycles. The predicted molar refractivity (Wildman–Crippen MR) is 91.0 cm³/mol. The fraction of sp³-hybridized carbons (Fsp3) is 0.211. The molecule has 0 aliphatic heterocycles. The lowest BCUT2D eigenvalue weighted by atomic mass is 10.1. The number of nitrogens with zero attached hydrogens (tertiary/aromatic N) is 2. The number of imidazole rings is 1. The lowest BCUT2D eigenvalue weighted by Gasteiger charge is -2.12.